The number of aromatic nitrogens is 2. The van der Waals surface area contributed by atoms with Crippen molar-refractivity contribution in [3.05, 3.63) is 6.33 Å². The van der Waals surface area contributed by atoms with Gasteiger partial charge in [0.2, 0.25) is 0 Å². The van der Waals surface area contributed by atoms with E-state index in [1.807, 2.05) is 13.8 Å². The highest BCUT2D eigenvalue weighted by atomic mass is 32.2. The number of carboxylic acids is 1. The monoisotopic (exact) mass is 289 g/mol. The van der Waals surface area contributed by atoms with Gasteiger partial charge in [-0.2, -0.15) is 4.37 Å². The molecule has 18 heavy (non-hydrogen) atoms. The molecule has 1 aromatic heterocycles. The van der Waals surface area contributed by atoms with E-state index in [0.29, 0.717) is 19.4 Å². The van der Waals surface area contributed by atoms with E-state index in [0.717, 1.165) is 16.5 Å². The zero-order valence-corrected chi connectivity index (χ0v) is 12.3. The highest BCUT2D eigenvalue weighted by Crippen LogP contribution is 2.23. The van der Waals surface area contributed by atoms with Gasteiger partial charge in [-0.15, -0.1) is 0 Å². The van der Waals surface area contributed by atoms with Gasteiger partial charge in [0.15, 0.2) is 4.34 Å². The Balaban J connectivity index is 2.39. The fourth-order valence-electron chi connectivity index (χ4n) is 1.82. The number of aliphatic carboxylic acids is 1. The van der Waals surface area contributed by atoms with Crippen LogP contribution >= 0.6 is 23.3 Å². The minimum Gasteiger partial charge on any atom is -0.480 e. The molecule has 0 fully saturated rings. The van der Waals surface area contributed by atoms with Crippen molar-refractivity contribution in [1.82, 2.24) is 14.7 Å². The number of hydrogen-bond donors (Lipinski definition) is 2. The fraction of sp³-hybridized carbons (Fsp3) is 0.727. The van der Waals surface area contributed by atoms with Crippen molar-refractivity contribution in [3.63, 3.8) is 0 Å². The first kappa shape index (κ1) is 15.4. The lowest BCUT2D eigenvalue weighted by atomic mass is 9.91. The number of rotatable bonds is 9. The summed E-state index contributed by atoms with van der Waals surface area (Å²) in [5.41, 5.74) is -0.781. The van der Waals surface area contributed by atoms with E-state index >= 15 is 0 Å². The van der Waals surface area contributed by atoms with Crippen molar-refractivity contribution in [3.8, 4) is 0 Å². The van der Waals surface area contributed by atoms with Gasteiger partial charge in [0.1, 0.15) is 11.9 Å². The first-order chi connectivity index (χ1) is 8.64. The topological polar surface area (TPSA) is 75.1 Å². The Morgan fingerprint density at radius 1 is 1.61 bits per heavy atom. The largest absolute Gasteiger partial charge is 0.480 e. The number of hydrogen-bond acceptors (Lipinski definition) is 6. The maximum absolute atomic E-state index is 11.4. The van der Waals surface area contributed by atoms with E-state index < -0.39 is 11.5 Å². The summed E-state index contributed by atoms with van der Waals surface area (Å²) in [5.74, 6) is 0.114. The quantitative estimate of drug-likeness (QED) is 0.536. The molecule has 0 aromatic carbocycles. The van der Waals surface area contributed by atoms with Crippen molar-refractivity contribution in [2.75, 3.05) is 12.3 Å². The molecule has 0 aliphatic carbocycles. The Bertz CT molecular complexity index is 359. The van der Waals surface area contributed by atoms with Crippen molar-refractivity contribution in [2.24, 2.45) is 0 Å². The second kappa shape index (κ2) is 7.70. The first-order valence-corrected chi connectivity index (χ1v) is 7.78. The second-order valence-electron chi connectivity index (χ2n) is 3.93. The van der Waals surface area contributed by atoms with Gasteiger partial charge in [0, 0.05) is 5.75 Å². The van der Waals surface area contributed by atoms with Crippen LogP contribution in [0.4, 0.5) is 0 Å². The molecule has 5 nitrogen and oxygen atoms in total. The molecule has 0 saturated carbocycles. The van der Waals surface area contributed by atoms with Crippen LogP contribution in [-0.4, -0.2) is 38.3 Å². The predicted octanol–water partition coefficient (Wildman–Crippen LogP) is 2.25. The van der Waals surface area contributed by atoms with E-state index in [-0.39, 0.29) is 0 Å². The van der Waals surface area contributed by atoms with Crippen LogP contribution < -0.4 is 5.32 Å². The predicted molar refractivity (Wildman–Crippen MR) is 74.2 cm³/mol. The van der Waals surface area contributed by atoms with Crippen molar-refractivity contribution >= 4 is 29.3 Å². The summed E-state index contributed by atoms with van der Waals surface area (Å²) < 4.78 is 4.87. The minimum atomic E-state index is -0.781. The van der Waals surface area contributed by atoms with E-state index in [2.05, 4.69) is 14.7 Å². The molecule has 1 aromatic rings. The van der Waals surface area contributed by atoms with Crippen LogP contribution in [-0.2, 0) is 4.79 Å². The lowest BCUT2D eigenvalue weighted by Crippen LogP contribution is -2.51. The smallest absolute Gasteiger partial charge is 0.323 e. The first-order valence-electron chi connectivity index (χ1n) is 6.02. The Kier molecular flexibility index (Phi) is 6.59. The molecule has 0 radical (unpaired) electrons. The Labute approximate surface area is 116 Å². The molecule has 102 valence electrons. The van der Waals surface area contributed by atoms with Gasteiger partial charge in [-0.05, 0) is 37.3 Å². The number of carbonyl (C=O) groups is 1. The molecular formula is C11H19N3O2S2. The van der Waals surface area contributed by atoms with Crippen molar-refractivity contribution in [1.29, 1.82) is 0 Å². The zero-order chi connectivity index (χ0) is 13.4. The summed E-state index contributed by atoms with van der Waals surface area (Å²) in [7, 11) is 0. The van der Waals surface area contributed by atoms with Gasteiger partial charge in [0.05, 0.1) is 0 Å². The Morgan fingerprint density at radius 3 is 2.89 bits per heavy atom. The van der Waals surface area contributed by atoms with E-state index in [1.165, 1.54) is 11.5 Å². The summed E-state index contributed by atoms with van der Waals surface area (Å²) in [4.78, 5) is 15.5. The number of nitrogens with one attached hydrogen (secondary N) is 1. The summed E-state index contributed by atoms with van der Waals surface area (Å²) in [6, 6.07) is 0. The molecule has 0 saturated heterocycles. The molecular weight excluding hydrogens is 270 g/mol. The standard InChI is InChI=1S/C11H19N3O2S2/c1-3-11(9(15)16,13-4-2)6-5-7-17-10-12-8-14-18-10/h8,13H,3-7H2,1-2H3,(H,15,16). The normalized spacial score (nSPS) is 14.3. The molecule has 0 bridgehead atoms. The van der Waals surface area contributed by atoms with Gasteiger partial charge in [-0.25, -0.2) is 4.98 Å². The summed E-state index contributed by atoms with van der Waals surface area (Å²) in [5, 5.41) is 12.5. The molecule has 0 amide bonds. The number of likely N-dealkylation sites (N-methyl/N-ethyl adjacent to an activating group) is 1. The van der Waals surface area contributed by atoms with Gasteiger partial charge in [-0.1, -0.05) is 25.6 Å². The third kappa shape index (κ3) is 4.22. The third-order valence-corrected chi connectivity index (χ3v) is 4.73. The highest BCUT2D eigenvalue weighted by molar-refractivity contribution is 8.00. The highest BCUT2D eigenvalue weighted by Gasteiger charge is 2.34. The van der Waals surface area contributed by atoms with E-state index in [4.69, 9.17) is 0 Å². The molecule has 0 aliphatic rings. The molecule has 1 rings (SSSR count). The van der Waals surface area contributed by atoms with Gasteiger partial charge in [0.25, 0.3) is 0 Å². The van der Waals surface area contributed by atoms with Crippen molar-refractivity contribution < 1.29 is 9.90 Å². The molecule has 1 atom stereocenters. The minimum absolute atomic E-state index is 0.597. The zero-order valence-electron chi connectivity index (χ0n) is 10.7. The van der Waals surface area contributed by atoms with Gasteiger partial charge in [-0.3, -0.25) is 4.79 Å². The molecule has 0 aliphatic heterocycles. The number of nitrogens with zero attached hydrogens (tertiary/aromatic N) is 2. The number of thioether (sulfide) groups is 1. The summed E-state index contributed by atoms with van der Waals surface area (Å²) in [6.45, 7) is 4.52. The maximum atomic E-state index is 11.4. The SMILES string of the molecule is CCNC(CC)(CCCSc1ncns1)C(=O)O. The maximum Gasteiger partial charge on any atom is 0.323 e. The van der Waals surface area contributed by atoms with E-state index in [1.54, 1.807) is 18.1 Å². The Morgan fingerprint density at radius 2 is 2.39 bits per heavy atom. The van der Waals surface area contributed by atoms with Crippen LogP contribution in [0.5, 0.6) is 0 Å². The lowest BCUT2D eigenvalue weighted by Gasteiger charge is -2.29. The van der Waals surface area contributed by atoms with Crippen molar-refractivity contribution in [2.45, 2.75) is 43.0 Å². The molecule has 2 N–H and O–H groups in total. The van der Waals surface area contributed by atoms with Crippen LogP contribution in [0.15, 0.2) is 10.7 Å². The molecule has 0 spiro atoms. The average molecular weight is 289 g/mol. The van der Waals surface area contributed by atoms with Crippen LogP contribution in [0.1, 0.15) is 33.1 Å². The molecule has 7 heteroatoms. The molecule has 1 heterocycles. The second-order valence-corrected chi connectivity index (χ2v) is 6.05. The third-order valence-electron chi connectivity index (χ3n) is 2.84. The Hall–Kier alpha value is -0.660. The van der Waals surface area contributed by atoms with Crippen LogP contribution in [0.2, 0.25) is 0 Å². The van der Waals surface area contributed by atoms with E-state index in [9.17, 15) is 9.90 Å². The van der Waals surface area contributed by atoms with Crippen LogP contribution in [0, 0.1) is 0 Å². The lowest BCUT2D eigenvalue weighted by molar-refractivity contribution is -0.145. The van der Waals surface area contributed by atoms with Crippen LogP contribution in [0.25, 0.3) is 0 Å². The molecule has 1 unspecified atom stereocenters. The van der Waals surface area contributed by atoms with Crippen LogP contribution in [0.3, 0.4) is 0 Å². The van der Waals surface area contributed by atoms with Gasteiger partial charge >= 0.3 is 5.97 Å². The number of carboxylic acid groups (broad SMARTS) is 1. The average Bonchev–Trinajstić information content (AvgIpc) is 2.86. The van der Waals surface area contributed by atoms with Gasteiger partial charge < -0.3 is 10.4 Å². The summed E-state index contributed by atoms with van der Waals surface area (Å²) >= 11 is 3.01. The summed E-state index contributed by atoms with van der Waals surface area (Å²) in [6.07, 6.45) is 3.62. The fourth-order valence-corrected chi connectivity index (χ4v) is 3.28.